The van der Waals surface area contributed by atoms with Crippen LogP contribution in [0.3, 0.4) is 0 Å². The van der Waals surface area contributed by atoms with Crippen LogP contribution in [0.2, 0.25) is 0 Å². The zero-order chi connectivity index (χ0) is 13.8. The van der Waals surface area contributed by atoms with E-state index in [4.69, 9.17) is 4.42 Å². The third-order valence-electron chi connectivity index (χ3n) is 2.84. The van der Waals surface area contributed by atoms with Crippen LogP contribution >= 0.6 is 0 Å². The van der Waals surface area contributed by atoms with E-state index in [0.717, 1.165) is 16.8 Å². The van der Waals surface area contributed by atoms with Gasteiger partial charge in [-0.2, -0.15) is 5.10 Å². The van der Waals surface area contributed by atoms with Crippen molar-refractivity contribution in [1.82, 2.24) is 5.43 Å². The summed E-state index contributed by atoms with van der Waals surface area (Å²) in [6, 6.07) is 9.37. The predicted octanol–water partition coefficient (Wildman–Crippen LogP) is 3.05. The molecule has 1 aromatic heterocycles. The second-order valence-electron chi connectivity index (χ2n) is 4.43. The molecule has 0 aliphatic heterocycles. The molecule has 1 aromatic carbocycles. The number of hydrazone groups is 1. The minimum Gasteiger partial charge on any atom is -0.459 e. The smallest absolute Gasteiger partial charge is 0.307 e. The molecular formula is C15H16N2O2. The molecular weight excluding hydrogens is 240 g/mol. The Kier molecular flexibility index (Phi) is 3.80. The Bertz CT molecular complexity index is 613. The number of nitrogens with one attached hydrogen (secondary N) is 1. The Hall–Kier alpha value is -2.36. The SMILES string of the molecule is CC(=NNC(=O)c1ccco1)c1ccc(C)cc1C. The molecule has 0 aliphatic rings. The molecule has 0 radical (unpaired) electrons. The number of carbonyl (C=O) groups excluding carboxylic acids is 1. The van der Waals surface area contributed by atoms with Crippen LogP contribution in [0.15, 0.2) is 46.1 Å². The van der Waals surface area contributed by atoms with Crippen LogP contribution in [0.25, 0.3) is 0 Å². The highest BCUT2D eigenvalue weighted by Gasteiger charge is 2.08. The molecule has 0 spiro atoms. The van der Waals surface area contributed by atoms with E-state index >= 15 is 0 Å². The molecule has 0 bridgehead atoms. The molecule has 4 nitrogen and oxygen atoms in total. The molecule has 0 aliphatic carbocycles. The third-order valence-corrected chi connectivity index (χ3v) is 2.84. The van der Waals surface area contributed by atoms with Crippen molar-refractivity contribution in [3.05, 3.63) is 59.0 Å². The fourth-order valence-electron chi connectivity index (χ4n) is 1.88. The number of hydrogen-bond donors (Lipinski definition) is 1. The lowest BCUT2D eigenvalue weighted by molar-refractivity contribution is 0.0927. The Morgan fingerprint density at radius 1 is 1.26 bits per heavy atom. The maximum Gasteiger partial charge on any atom is 0.307 e. The van der Waals surface area contributed by atoms with Crippen LogP contribution in [-0.4, -0.2) is 11.6 Å². The first-order chi connectivity index (χ1) is 9.08. The minimum atomic E-state index is -0.353. The van der Waals surface area contributed by atoms with E-state index in [0.29, 0.717) is 0 Å². The standard InChI is InChI=1S/C15H16N2O2/c1-10-6-7-13(11(2)9-10)12(3)16-17-15(18)14-5-4-8-19-14/h4-9H,1-3H3,(H,17,18). The van der Waals surface area contributed by atoms with Crippen LogP contribution in [0.5, 0.6) is 0 Å². The molecule has 0 fully saturated rings. The van der Waals surface area contributed by atoms with Gasteiger partial charge in [0.2, 0.25) is 0 Å². The zero-order valence-electron chi connectivity index (χ0n) is 11.2. The highest BCUT2D eigenvalue weighted by molar-refractivity contribution is 6.01. The third kappa shape index (κ3) is 3.10. The molecule has 1 amide bonds. The van der Waals surface area contributed by atoms with Crippen LogP contribution in [-0.2, 0) is 0 Å². The topological polar surface area (TPSA) is 54.6 Å². The fourth-order valence-corrected chi connectivity index (χ4v) is 1.88. The summed E-state index contributed by atoms with van der Waals surface area (Å²) in [5.41, 5.74) is 6.60. The molecule has 2 aromatic rings. The van der Waals surface area contributed by atoms with Crippen molar-refractivity contribution in [1.29, 1.82) is 0 Å². The number of amides is 1. The fraction of sp³-hybridized carbons (Fsp3) is 0.200. The predicted molar refractivity (Wildman–Crippen MR) is 74.3 cm³/mol. The van der Waals surface area contributed by atoms with Crippen molar-refractivity contribution in [3.63, 3.8) is 0 Å². The van der Waals surface area contributed by atoms with E-state index in [9.17, 15) is 4.79 Å². The van der Waals surface area contributed by atoms with Crippen molar-refractivity contribution in [2.45, 2.75) is 20.8 Å². The second-order valence-corrected chi connectivity index (χ2v) is 4.43. The average molecular weight is 256 g/mol. The van der Waals surface area contributed by atoms with E-state index in [1.807, 2.05) is 32.9 Å². The second kappa shape index (κ2) is 5.52. The summed E-state index contributed by atoms with van der Waals surface area (Å²) in [5, 5.41) is 4.10. The van der Waals surface area contributed by atoms with Gasteiger partial charge in [0.1, 0.15) is 0 Å². The first-order valence-corrected chi connectivity index (χ1v) is 6.03. The molecule has 98 valence electrons. The molecule has 4 heteroatoms. The van der Waals surface area contributed by atoms with Crippen LogP contribution < -0.4 is 5.43 Å². The lowest BCUT2D eigenvalue weighted by Gasteiger charge is -2.06. The van der Waals surface area contributed by atoms with Crippen molar-refractivity contribution >= 4 is 11.6 Å². The van der Waals surface area contributed by atoms with Gasteiger partial charge in [-0.3, -0.25) is 4.79 Å². The van der Waals surface area contributed by atoms with Gasteiger partial charge in [0.15, 0.2) is 5.76 Å². The van der Waals surface area contributed by atoms with E-state index in [1.54, 1.807) is 12.1 Å². The summed E-state index contributed by atoms with van der Waals surface area (Å²) in [6.45, 7) is 5.93. The first-order valence-electron chi connectivity index (χ1n) is 6.03. The van der Waals surface area contributed by atoms with Gasteiger partial charge < -0.3 is 4.42 Å². The van der Waals surface area contributed by atoms with Crippen LogP contribution in [0.4, 0.5) is 0 Å². The van der Waals surface area contributed by atoms with Gasteiger partial charge in [0, 0.05) is 5.56 Å². The van der Waals surface area contributed by atoms with Gasteiger partial charge >= 0.3 is 5.91 Å². The number of furan rings is 1. The summed E-state index contributed by atoms with van der Waals surface area (Å²) >= 11 is 0. The molecule has 0 saturated carbocycles. The number of hydrogen-bond acceptors (Lipinski definition) is 3. The number of rotatable bonds is 3. The summed E-state index contributed by atoms with van der Waals surface area (Å²) in [6.07, 6.45) is 1.45. The maximum absolute atomic E-state index is 11.7. The monoisotopic (exact) mass is 256 g/mol. The lowest BCUT2D eigenvalue weighted by atomic mass is 10.0. The van der Waals surface area contributed by atoms with E-state index in [-0.39, 0.29) is 11.7 Å². The molecule has 1 heterocycles. The van der Waals surface area contributed by atoms with Crippen molar-refractivity contribution in [2.24, 2.45) is 5.10 Å². The summed E-state index contributed by atoms with van der Waals surface area (Å²) < 4.78 is 4.99. The Morgan fingerprint density at radius 3 is 2.68 bits per heavy atom. The first kappa shape index (κ1) is 13.1. The lowest BCUT2D eigenvalue weighted by Crippen LogP contribution is -2.18. The highest BCUT2D eigenvalue weighted by Crippen LogP contribution is 2.11. The summed E-state index contributed by atoms with van der Waals surface area (Å²) in [7, 11) is 0. The number of aryl methyl sites for hydroxylation is 2. The Balaban J connectivity index is 2.13. The van der Waals surface area contributed by atoms with Crippen LogP contribution in [0, 0.1) is 13.8 Å². The summed E-state index contributed by atoms with van der Waals surface area (Å²) in [4.78, 5) is 11.7. The van der Waals surface area contributed by atoms with E-state index in [2.05, 4.69) is 16.6 Å². The number of benzene rings is 1. The quantitative estimate of drug-likeness (QED) is 0.677. The maximum atomic E-state index is 11.7. The van der Waals surface area contributed by atoms with Gasteiger partial charge in [-0.15, -0.1) is 0 Å². The van der Waals surface area contributed by atoms with Crippen molar-refractivity contribution in [3.8, 4) is 0 Å². The molecule has 0 atom stereocenters. The van der Waals surface area contributed by atoms with Gasteiger partial charge in [-0.05, 0) is 38.5 Å². The van der Waals surface area contributed by atoms with Gasteiger partial charge in [0.25, 0.3) is 0 Å². The number of nitrogens with zero attached hydrogens (tertiary/aromatic N) is 1. The summed E-state index contributed by atoms with van der Waals surface area (Å²) in [5.74, 6) is -0.105. The average Bonchev–Trinajstić information content (AvgIpc) is 2.89. The molecule has 2 rings (SSSR count). The molecule has 0 saturated heterocycles. The minimum absolute atomic E-state index is 0.247. The Labute approximate surface area is 112 Å². The molecule has 0 unspecified atom stereocenters. The van der Waals surface area contributed by atoms with Crippen molar-refractivity contribution < 1.29 is 9.21 Å². The zero-order valence-corrected chi connectivity index (χ0v) is 11.2. The molecule has 1 N–H and O–H groups in total. The van der Waals surface area contributed by atoms with Crippen LogP contribution in [0.1, 0.15) is 34.2 Å². The van der Waals surface area contributed by atoms with Gasteiger partial charge in [-0.25, -0.2) is 5.43 Å². The largest absolute Gasteiger partial charge is 0.459 e. The number of carbonyl (C=O) groups is 1. The van der Waals surface area contributed by atoms with Gasteiger partial charge in [-0.1, -0.05) is 23.8 Å². The highest BCUT2D eigenvalue weighted by atomic mass is 16.3. The molecule has 19 heavy (non-hydrogen) atoms. The normalized spacial score (nSPS) is 11.4. The van der Waals surface area contributed by atoms with E-state index < -0.39 is 0 Å². The Morgan fingerprint density at radius 2 is 2.05 bits per heavy atom. The van der Waals surface area contributed by atoms with Gasteiger partial charge in [0.05, 0.1) is 12.0 Å². The van der Waals surface area contributed by atoms with E-state index in [1.165, 1.54) is 11.8 Å². The van der Waals surface area contributed by atoms with Crippen molar-refractivity contribution in [2.75, 3.05) is 0 Å².